The third kappa shape index (κ3) is 2.81. The number of hydrogen-bond donors (Lipinski definition) is 0. The van der Waals surface area contributed by atoms with E-state index in [2.05, 4.69) is 15.9 Å². The monoisotopic (exact) mass is 311 g/mol. The fraction of sp³-hybridized carbons (Fsp3) is 0.556. The van der Waals surface area contributed by atoms with Crippen LogP contribution in [0.25, 0.3) is 0 Å². The third-order valence-electron chi connectivity index (χ3n) is 2.11. The fourth-order valence-corrected chi connectivity index (χ4v) is 4.63. The van der Waals surface area contributed by atoms with E-state index in [9.17, 15) is 8.42 Å². The van der Waals surface area contributed by atoms with E-state index in [1.807, 2.05) is 20.8 Å². The van der Waals surface area contributed by atoms with Gasteiger partial charge in [0.1, 0.15) is 4.21 Å². The molecule has 0 atom stereocenters. The molecule has 15 heavy (non-hydrogen) atoms. The van der Waals surface area contributed by atoms with Crippen molar-refractivity contribution in [3.63, 3.8) is 0 Å². The van der Waals surface area contributed by atoms with Crippen LogP contribution in [0.1, 0.15) is 20.8 Å². The largest absolute Gasteiger partial charge is 0.252 e. The molecule has 86 valence electrons. The molecule has 0 aliphatic rings. The Morgan fingerprint density at radius 3 is 2.20 bits per heavy atom. The molecule has 0 spiro atoms. The Morgan fingerprint density at radius 2 is 1.87 bits per heavy atom. The van der Waals surface area contributed by atoms with Gasteiger partial charge in [0.2, 0.25) is 0 Å². The Hall–Kier alpha value is 0.0900. The van der Waals surface area contributed by atoms with Gasteiger partial charge in [-0.2, -0.15) is 4.31 Å². The van der Waals surface area contributed by atoms with E-state index >= 15 is 0 Å². The Kier molecular flexibility index (Phi) is 3.65. The lowest BCUT2D eigenvalue weighted by atomic mass is 10.1. The lowest BCUT2D eigenvalue weighted by molar-refractivity contribution is 0.292. The third-order valence-corrected chi connectivity index (χ3v) is 6.32. The van der Waals surface area contributed by atoms with Gasteiger partial charge in [-0.1, -0.05) is 0 Å². The Bertz CT molecular complexity index is 445. The number of nitrogens with zero attached hydrogens (tertiary/aromatic N) is 1. The minimum absolute atomic E-state index is 0.367. The van der Waals surface area contributed by atoms with Crippen LogP contribution in [-0.4, -0.2) is 25.3 Å². The molecule has 3 nitrogen and oxygen atoms in total. The van der Waals surface area contributed by atoms with Crippen molar-refractivity contribution < 1.29 is 8.42 Å². The van der Waals surface area contributed by atoms with E-state index in [4.69, 9.17) is 0 Å². The standard InChI is InChI=1S/C9H14BrNO2S2/c1-9(2,3)11(4)15(12,13)8-6-5-7(10)14-8/h5-6H,1-4H3. The van der Waals surface area contributed by atoms with Crippen LogP contribution in [-0.2, 0) is 10.0 Å². The van der Waals surface area contributed by atoms with E-state index in [1.54, 1.807) is 19.2 Å². The molecule has 0 fully saturated rings. The van der Waals surface area contributed by atoms with Crippen molar-refractivity contribution in [3.8, 4) is 0 Å². The molecule has 6 heteroatoms. The van der Waals surface area contributed by atoms with Gasteiger partial charge in [-0.3, -0.25) is 0 Å². The van der Waals surface area contributed by atoms with Crippen molar-refractivity contribution in [3.05, 3.63) is 15.9 Å². The molecule has 0 aliphatic carbocycles. The second kappa shape index (κ2) is 4.16. The maximum atomic E-state index is 12.1. The van der Waals surface area contributed by atoms with Crippen LogP contribution in [0.5, 0.6) is 0 Å². The summed E-state index contributed by atoms with van der Waals surface area (Å²) in [5.74, 6) is 0. The van der Waals surface area contributed by atoms with Crippen molar-refractivity contribution in [2.24, 2.45) is 0 Å². The first-order valence-electron chi connectivity index (χ1n) is 4.40. The number of thiophene rings is 1. The summed E-state index contributed by atoms with van der Waals surface area (Å²) >= 11 is 4.49. The molecular formula is C9H14BrNO2S2. The summed E-state index contributed by atoms with van der Waals surface area (Å²) in [4.78, 5) is 0. The summed E-state index contributed by atoms with van der Waals surface area (Å²) in [5, 5.41) is 0. The van der Waals surface area contributed by atoms with Crippen LogP contribution in [0.4, 0.5) is 0 Å². The van der Waals surface area contributed by atoms with Gasteiger partial charge in [-0.05, 0) is 48.8 Å². The van der Waals surface area contributed by atoms with E-state index in [0.717, 1.165) is 3.79 Å². The first kappa shape index (κ1) is 13.2. The highest BCUT2D eigenvalue weighted by atomic mass is 79.9. The molecule has 1 rings (SSSR count). The predicted octanol–water partition coefficient (Wildman–Crippen LogP) is 2.93. The molecule has 1 aromatic heterocycles. The maximum Gasteiger partial charge on any atom is 0.252 e. The molecular weight excluding hydrogens is 298 g/mol. The molecule has 0 aromatic carbocycles. The molecule has 0 N–H and O–H groups in total. The van der Waals surface area contributed by atoms with E-state index in [1.165, 1.54) is 15.6 Å². The van der Waals surface area contributed by atoms with Gasteiger partial charge in [0.05, 0.1) is 3.79 Å². The van der Waals surface area contributed by atoms with E-state index in [0.29, 0.717) is 4.21 Å². The number of halogens is 1. The minimum Gasteiger partial charge on any atom is -0.206 e. The fourth-order valence-electron chi connectivity index (χ4n) is 0.932. The molecule has 0 bridgehead atoms. The van der Waals surface area contributed by atoms with Crippen molar-refractivity contribution in [1.29, 1.82) is 0 Å². The minimum atomic E-state index is -3.35. The second-order valence-electron chi connectivity index (χ2n) is 4.20. The van der Waals surface area contributed by atoms with E-state index < -0.39 is 15.6 Å². The predicted molar refractivity (Wildman–Crippen MR) is 66.7 cm³/mol. The summed E-state index contributed by atoms with van der Waals surface area (Å²) in [5.41, 5.74) is -0.407. The average Bonchev–Trinajstić information content (AvgIpc) is 2.49. The van der Waals surface area contributed by atoms with Gasteiger partial charge in [0, 0.05) is 12.6 Å². The highest BCUT2D eigenvalue weighted by Gasteiger charge is 2.31. The van der Waals surface area contributed by atoms with Crippen molar-refractivity contribution in [2.75, 3.05) is 7.05 Å². The lowest BCUT2D eigenvalue weighted by Gasteiger charge is -2.30. The average molecular weight is 312 g/mol. The summed E-state index contributed by atoms with van der Waals surface area (Å²) in [6.45, 7) is 5.60. The zero-order valence-electron chi connectivity index (χ0n) is 9.11. The van der Waals surface area contributed by atoms with Gasteiger partial charge in [0.25, 0.3) is 10.0 Å². The Morgan fingerprint density at radius 1 is 1.33 bits per heavy atom. The van der Waals surface area contributed by atoms with Crippen LogP contribution in [0.2, 0.25) is 0 Å². The molecule has 0 aliphatic heterocycles. The molecule has 0 saturated heterocycles. The second-order valence-corrected chi connectivity index (χ2v) is 8.86. The van der Waals surface area contributed by atoms with Crippen LogP contribution in [0.3, 0.4) is 0 Å². The van der Waals surface area contributed by atoms with Gasteiger partial charge in [-0.25, -0.2) is 8.42 Å². The van der Waals surface area contributed by atoms with Crippen molar-refractivity contribution in [1.82, 2.24) is 4.31 Å². The normalized spacial score (nSPS) is 13.5. The van der Waals surface area contributed by atoms with Gasteiger partial charge in [0.15, 0.2) is 0 Å². The first-order valence-corrected chi connectivity index (χ1v) is 7.45. The zero-order chi connectivity index (χ0) is 11.9. The summed E-state index contributed by atoms with van der Waals surface area (Å²) in [6.07, 6.45) is 0. The SMILES string of the molecule is CN(C(C)(C)C)S(=O)(=O)c1ccc(Br)s1. The molecule has 0 amide bonds. The van der Waals surface area contributed by atoms with Gasteiger partial charge >= 0.3 is 0 Å². The van der Waals surface area contributed by atoms with Gasteiger partial charge < -0.3 is 0 Å². The first-order chi connectivity index (χ1) is 6.65. The van der Waals surface area contributed by atoms with Gasteiger partial charge in [-0.15, -0.1) is 11.3 Å². The van der Waals surface area contributed by atoms with Crippen LogP contribution >= 0.6 is 27.3 Å². The Labute approximate surface area is 103 Å². The molecule has 0 saturated carbocycles. The Balaban J connectivity index is 3.15. The van der Waals surface area contributed by atoms with Crippen LogP contribution in [0, 0.1) is 0 Å². The van der Waals surface area contributed by atoms with Crippen LogP contribution < -0.4 is 0 Å². The molecule has 0 radical (unpaired) electrons. The smallest absolute Gasteiger partial charge is 0.206 e. The lowest BCUT2D eigenvalue weighted by Crippen LogP contribution is -2.42. The number of sulfonamides is 1. The topological polar surface area (TPSA) is 37.4 Å². The molecule has 0 unspecified atom stereocenters. The highest BCUT2D eigenvalue weighted by molar-refractivity contribution is 9.11. The molecule has 1 aromatic rings. The summed E-state index contributed by atoms with van der Waals surface area (Å²) in [7, 11) is -1.75. The maximum absolute atomic E-state index is 12.1. The zero-order valence-corrected chi connectivity index (χ0v) is 12.3. The summed E-state index contributed by atoms with van der Waals surface area (Å²) < 4.78 is 26.8. The van der Waals surface area contributed by atoms with Crippen LogP contribution in [0.15, 0.2) is 20.1 Å². The van der Waals surface area contributed by atoms with Crippen molar-refractivity contribution >= 4 is 37.3 Å². The summed E-state index contributed by atoms with van der Waals surface area (Å²) in [6, 6.07) is 3.36. The highest BCUT2D eigenvalue weighted by Crippen LogP contribution is 2.30. The molecule has 1 heterocycles. The van der Waals surface area contributed by atoms with Crippen molar-refractivity contribution in [2.45, 2.75) is 30.5 Å². The number of rotatable bonds is 2. The number of hydrogen-bond acceptors (Lipinski definition) is 3. The quantitative estimate of drug-likeness (QED) is 0.842. The van der Waals surface area contributed by atoms with E-state index in [-0.39, 0.29) is 0 Å².